The molecule has 0 heterocycles. The average Bonchev–Trinajstić information content (AvgIpc) is 2.53. The first-order valence-electron chi connectivity index (χ1n) is 8.93. The zero-order chi connectivity index (χ0) is 14.8. The van der Waals surface area contributed by atoms with Gasteiger partial charge in [-0.15, -0.1) is 0 Å². The summed E-state index contributed by atoms with van der Waals surface area (Å²) in [7, 11) is 0. The summed E-state index contributed by atoms with van der Waals surface area (Å²) in [6.45, 7) is 2.07. The fraction of sp³-hybridized carbons (Fsp3) is 0.889. The predicted molar refractivity (Wildman–Crippen MR) is 80.6 cm³/mol. The van der Waals surface area contributed by atoms with Gasteiger partial charge in [0, 0.05) is 5.92 Å². The fourth-order valence-corrected chi connectivity index (χ4v) is 5.47. The van der Waals surface area contributed by atoms with Crippen LogP contribution in [-0.2, 0) is 14.3 Å². The first-order chi connectivity index (χ1) is 10.2. The maximum absolute atomic E-state index is 12.5. The number of esters is 1. The van der Waals surface area contributed by atoms with Crippen molar-refractivity contribution in [3.8, 4) is 0 Å². The second-order valence-corrected chi connectivity index (χ2v) is 7.25. The Morgan fingerprint density at radius 1 is 0.905 bits per heavy atom. The molecule has 0 spiro atoms. The van der Waals surface area contributed by atoms with E-state index >= 15 is 0 Å². The van der Waals surface area contributed by atoms with Crippen LogP contribution in [0.25, 0.3) is 0 Å². The van der Waals surface area contributed by atoms with Crippen LogP contribution in [0.4, 0.5) is 0 Å². The first-order valence-corrected chi connectivity index (χ1v) is 8.93. The molecule has 5 atom stereocenters. The number of ether oxygens (including phenoxy) is 1. The molecule has 0 aromatic rings. The summed E-state index contributed by atoms with van der Waals surface area (Å²) >= 11 is 0. The Kier molecular flexibility index (Phi) is 4.66. The van der Waals surface area contributed by atoms with E-state index in [4.69, 9.17) is 4.74 Å². The predicted octanol–water partition coefficient (Wildman–Crippen LogP) is 3.75. The molecule has 3 aliphatic carbocycles. The highest BCUT2D eigenvalue weighted by atomic mass is 16.5. The van der Waals surface area contributed by atoms with Crippen molar-refractivity contribution in [3.63, 3.8) is 0 Å². The van der Waals surface area contributed by atoms with Crippen LogP contribution in [0.2, 0.25) is 0 Å². The minimum absolute atomic E-state index is 0.0475. The van der Waals surface area contributed by atoms with Gasteiger partial charge >= 0.3 is 5.97 Å². The number of rotatable bonds is 3. The van der Waals surface area contributed by atoms with Gasteiger partial charge in [-0.1, -0.05) is 32.1 Å². The standard InChI is InChI=1S/C18H28O3/c1-2-21-18(20)17(19)16-11-12-7-3-4-8-13(12)14-9-5-6-10-15(14)16/h12-16H,2-11H2,1H3. The molecule has 3 rings (SSSR count). The molecule has 3 nitrogen and oxygen atoms in total. The van der Waals surface area contributed by atoms with E-state index in [0.717, 1.165) is 18.8 Å². The van der Waals surface area contributed by atoms with E-state index in [1.807, 2.05) is 0 Å². The van der Waals surface area contributed by atoms with Crippen molar-refractivity contribution in [1.82, 2.24) is 0 Å². The lowest BCUT2D eigenvalue weighted by molar-refractivity contribution is -0.159. The van der Waals surface area contributed by atoms with E-state index < -0.39 is 5.97 Å². The topological polar surface area (TPSA) is 43.4 Å². The van der Waals surface area contributed by atoms with E-state index in [-0.39, 0.29) is 11.7 Å². The van der Waals surface area contributed by atoms with Crippen molar-refractivity contribution in [1.29, 1.82) is 0 Å². The number of hydrogen-bond donors (Lipinski definition) is 0. The van der Waals surface area contributed by atoms with Crippen LogP contribution in [-0.4, -0.2) is 18.4 Å². The van der Waals surface area contributed by atoms with Gasteiger partial charge in [0.2, 0.25) is 5.78 Å². The van der Waals surface area contributed by atoms with E-state index in [1.54, 1.807) is 6.92 Å². The molecule has 3 heteroatoms. The molecule has 3 aliphatic rings. The lowest BCUT2D eigenvalue weighted by Crippen LogP contribution is -2.47. The smallest absolute Gasteiger partial charge is 0.374 e. The quantitative estimate of drug-likeness (QED) is 0.587. The first kappa shape index (κ1) is 15.1. The summed E-state index contributed by atoms with van der Waals surface area (Å²) in [5.74, 6) is 1.81. The van der Waals surface area contributed by atoms with Gasteiger partial charge in [0.1, 0.15) is 0 Å². The molecule has 5 unspecified atom stereocenters. The zero-order valence-electron chi connectivity index (χ0n) is 13.2. The average molecular weight is 292 g/mol. The Morgan fingerprint density at radius 3 is 2.24 bits per heavy atom. The third kappa shape index (κ3) is 2.89. The second kappa shape index (κ2) is 6.50. The summed E-state index contributed by atoms with van der Waals surface area (Å²) < 4.78 is 4.98. The molecule has 0 aromatic heterocycles. The molecule has 0 saturated heterocycles. The third-order valence-electron chi connectivity index (χ3n) is 6.28. The van der Waals surface area contributed by atoms with Crippen molar-refractivity contribution in [2.24, 2.45) is 29.6 Å². The SMILES string of the molecule is CCOC(=O)C(=O)C1CC2CCCCC2C2CCCCC12. The Morgan fingerprint density at radius 2 is 1.52 bits per heavy atom. The molecule has 0 radical (unpaired) electrons. The van der Waals surface area contributed by atoms with Crippen molar-refractivity contribution in [2.75, 3.05) is 6.61 Å². The molecule has 0 aromatic carbocycles. The minimum Gasteiger partial charge on any atom is -0.460 e. The number of Topliss-reactive ketones (excluding diaryl/α,β-unsaturated/α-hetero) is 1. The maximum atomic E-state index is 12.5. The van der Waals surface area contributed by atoms with Crippen LogP contribution < -0.4 is 0 Å². The zero-order valence-corrected chi connectivity index (χ0v) is 13.2. The molecule has 3 fully saturated rings. The highest BCUT2D eigenvalue weighted by molar-refractivity contribution is 6.34. The highest BCUT2D eigenvalue weighted by Gasteiger charge is 2.49. The van der Waals surface area contributed by atoms with Gasteiger partial charge in [0.15, 0.2) is 0 Å². The monoisotopic (exact) mass is 292 g/mol. The van der Waals surface area contributed by atoms with Crippen LogP contribution >= 0.6 is 0 Å². The summed E-state index contributed by atoms with van der Waals surface area (Å²) in [4.78, 5) is 24.4. The maximum Gasteiger partial charge on any atom is 0.374 e. The Labute approximate surface area is 127 Å². The Balaban J connectivity index is 1.79. The number of carbonyl (C=O) groups is 2. The Bertz CT molecular complexity index is 403. The molecule has 3 saturated carbocycles. The summed E-state index contributed by atoms with van der Waals surface area (Å²) in [5, 5.41) is 0. The van der Waals surface area contributed by atoms with Gasteiger partial charge < -0.3 is 4.74 Å². The van der Waals surface area contributed by atoms with Crippen LogP contribution in [0.15, 0.2) is 0 Å². The van der Waals surface area contributed by atoms with E-state index in [9.17, 15) is 9.59 Å². The lowest BCUT2D eigenvalue weighted by atomic mass is 9.54. The number of ketones is 1. The van der Waals surface area contributed by atoms with Gasteiger partial charge in [-0.05, 0) is 56.3 Å². The Hall–Kier alpha value is -0.860. The largest absolute Gasteiger partial charge is 0.460 e. The van der Waals surface area contributed by atoms with Crippen molar-refractivity contribution in [3.05, 3.63) is 0 Å². The van der Waals surface area contributed by atoms with Gasteiger partial charge in [-0.25, -0.2) is 4.79 Å². The summed E-state index contributed by atoms with van der Waals surface area (Å²) in [6, 6.07) is 0. The summed E-state index contributed by atoms with van der Waals surface area (Å²) in [5.41, 5.74) is 0. The molecule has 0 aliphatic heterocycles. The van der Waals surface area contributed by atoms with Crippen LogP contribution in [0.5, 0.6) is 0 Å². The van der Waals surface area contributed by atoms with Crippen LogP contribution in [0, 0.1) is 29.6 Å². The normalized spacial score (nSPS) is 39.0. The van der Waals surface area contributed by atoms with Gasteiger partial charge in [0.05, 0.1) is 6.61 Å². The molecular formula is C18H28O3. The van der Waals surface area contributed by atoms with Crippen LogP contribution in [0.1, 0.15) is 64.7 Å². The van der Waals surface area contributed by atoms with Crippen molar-refractivity contribution in [2.45, 2.75) is 64.7 Å². The lowest BCUT2D eigenvalue weighted by Gasteiger charge is -2.51. The molecule has 21 heavy (non-hydrogen) atoms. The summed E-state index contributed by atoms with van der Waals surface area (Å²) in [6.07, 6.45) is 11.2. The molecular weight excluding hydrogens is 264 g/mol. The molecule has 0 amide bonds. The fourth-order valence-electron chi connectivity index (χ4n) is 5.47. The van der Waals surface area contributed by atoms with E-state index in [2.05, 4.69) is 0 Å². The van der Waals surface area contributed by atoms with Gasteiger partial charge in [-0.3, -0.25) is 4.79 Å². The number of hydrogen-bond acceptors (Lipinski definition) is 3. The minimum atomic E-state index is -0.582. The van der Waals surface area contributed by atoms with Gasteiger partial charge in [0.25, 0.3) is 0 Å². The molecule has 0 bridgehead atoms. The van der Waals surface area contributed by atoms with Crippen molar-refractivity contribution >= 4 is 11.8 Å². The third-order valence-corrected chi connectivity index (χ3v) is 6.28. The van der Waals surface area contributed by atoms with Crippen LogP contribution in [0.3, 0.4) is 0 Å². The molecule has 0 N–H and O–H groups in total. The number of carbonyl (C=O) groups excluding carboxylic acids is 2. The second-order valence-electron chi connectivity index (χ2n) is 7.25. The van der Waals surface area contributed by atoms with E-state index in [1.165, 1.54) is 44.9 Å². The molecule has 118 valence electrons. The van der Waals surface area contributed by atoms with Crippen molar-refractivity contribution < 1.29 is 14.3 Å². The number of fused-ring (bicyclic) bond motifs is 3. The highest BCUT2D eigenvalue weighted by Crippen LogP contribution is 2.53. The van der Waals surface area contributed by atoms with Gasteiger partial charge in [-0.2, -0.15) is 0 Å². The van der Waals surface area contributed by atoms with E-state index in [0.29, 0.717) is 24.4 Å².